The Kier molecular flexibility index (Phi) is 5.95. The number of amides is 2. The number of hydrogen-bond acceptors (Lipinski definition) is 3. The molecule has 144 valence electrons. The van der Waals surface area contributed by atoms with Crippen LogP contribution in [0.1, 0.15) is 42.8 Å². The molecule has 1 aromatic carbocycles. The van der Waals surface area contributed by atoms with Gasteiger partial charge in [-0.2, -0.15) is 0 Å². The van der Waals surface area contributed by atoms with Crippen LogP contribution in [0.2, 0.25) is 0 Å². The predicted octanol–water partition coefficient (Wildman–Crippen LogP) is 3.87. The van der Waals surface area contributed by atoms with E-state index < -0.39 is 0 Å². The molecule has 0 N–H and O–H groups in total. The van der Waals surface area contributed by atoms with Crippen LogP contribution in [0, 0.1) is 11.7 Å². The molecule has 0 fully saturated rings. The maximum absolute atomic E-state index is 13.4. The van der Waals surface area contributed by atoms with Gasteiger partial charge in [0.25, 0.3) is 0 Å². The zero-order valence-electron chi connectivity index (χ0n) is 15.9. The maximum atomic E-state index is 13.4. The Labute approximate surface area is 163 Å². The van der Waals surface area contributed by atoms with E-state index in [9.17, 15) is 14.0 Å². The van der Waals surface area contributed by atoms with Gasteiger partial charge in [-0.25, -0.2) is 4.39 Å². The van der Waals surface area contributed by atoms with Gasteiger partial charge in [0, 0.05) is 24.9 Å². The highest BCUT2D eigenvalue weighted by atomic mass is 32.1. The Bertz CT molecular complexity index is 816. The van der Waals surface area contributed by atoms with Gasteiger partial charge in [-0.1, -0.05) is 26.0 Å². The number of halogens is 1. The molecule has 3 rings (SSSR count). The molecule has 4 nitrogen and oxygen atoms in total. The fourth-order valence-corrected chi connectivity index (χ4v) is 4.49. The molecule has 6 heteroatoms. The first-order valence-corrected chi connectivity index (χ1v) is 10.1. The summed E-state index contributed by atoms with van der Waals surface area (Å²) in [4.78, 5) is 29.8. The van der Waals surface area contributed by atoms with Gasteiger partial charge in [-0.05, 0) is 47.0 Å². The maximum Gasteiger partial charge on any atom is 0.242 e. The quantitative estimate of drug-likeness (QED) is 0.780. The van der Waals surface area contributed by atoms with E-state index in [1.54, 1.807) is 28.4 Å². The molecule has 0 spiro atoms. The van der Waals surface area contributed by atoms with E-state index in [-0.39, 0.29) is 30.2 Å². The monoisotopic (exact) mass is 388 g/mol. The molecule has 1 aromatic heterocycles. The molecule has 0 unspecified atom stereocenters. The van der Waals surface area contributed by atoms with Crippen molar-refractivity contribution in [1.29, 1.82) is 0 Å². The zero-order valence-corrected chi connectivity index (χ0v) is 16.8. The Morgan fingerprint density at radius 1 is 1.26 bits per heavy atom. The number of carbonyl (C=O) groups excluding carboxylic acids is 2. The molecular weight excluding hydrogens is 363 g/mol. The number of rotatable bonds is 5. The average molecular weight is 389 g/mol. The minimum Gasteiger partial charge on any atom is -0.333 e. The van der Waals surface area contributed by atoms with Crippen LogP contribution >= 0.6 is 11.3 Å². The molecule has 27 heavy (non-hydrogen) atoms. The summed E-state index contributed by atoms with van der Waals surface area (Å²) >= 11 is 1.69. The Morgan fingerprint density at radius 2 is 1.96 bits per heavy atom. The van der Waals surface area contributed by atoms with Crippen LogP contribution in [0.25, 0.3) is 0 Å². The largest absolute Gasteiger partial charge is 0.333 e. The molecule has 2 aromatic rings. The number of benzene rings is 1. The summed E-state index contributed by atoms with van der Waals surface area (Å²) in [5.41, 5.74) is 1.99. The van der Waals surface area contributed by atoms with E-state index in [2.05, 4.69) is 0 Å². The van der Waals surface area contributed by atoms with Crippen LogP contribution in [-0.2, 0) is 16.0 Å². The Morgan fingerprint density at radius 3 is 2.59 bits per heavy atom. The smallest absolute Gasteiger partial charge is 0.242 e. The van der Waals surface area contributed by atoms with Gasteiger partial charge in [0.2, 0.25) is 11.8 Å². The van der Waals surface area contributed by atoms with Gasteiger partial charge in [0.1, 0.15) is 5.82 Å². The van der Waals surface area contributed by atoms with Crippen molar-refractivity contribution in [2.75, 3.05) is 19.6 Å². The molecule has 2 heterocycles. The van der Waals surface area contributed by atoms with E-state index in [1.807, 2.05) is 30.2 Å². The summed E-state index contributed by atoms with van der Waals surface area (Å²) < 4.78 is 13.4. The van der Waals surface area contributed by atoms with Gasteiger partial charge >= 0.3 is 0 Å². The normalized spacial score (nSPS) is 16.3. The van der Waals surface area contributed by atoms with E-state index in [0.717, 1.165) is 17.5 Å². The lowest BCUT2D eigenvalue weighted by atomic mass is 9.93. The topological polar surface area (TPSA) is 40.6 Å². The molecule has 0 radical (unpaired) electrons. The fraction of sp³-hybridized carbons (Fsp3) is 0.429. The van der Waals surface area contributed by atoms with Crippen LogP contribution in [0.15, 0.2) is 35.7 Å². The number of carbonyl (C=O) groups is 2. The highest BCUT2D eigenvalue weighted by Crippen LogP contribution is 2.37. The van der Waals surface area contributed by atoms with Crippen LogP contribution in [0.5, 0.6) is 0 Å². The molecule has 2 amide bonds. The van der Waals surface area contributed by atoms with Crippen molar-refractivity contribution in [2.45, 2.75) is 33.2 Å². The molecule has 0 saturated heterocycles. The van der Waals surface area contributed by atoms with Crippen molar-refractivity contribution in [3.8, 4) is 0 Å². The van der Waals surface area contributed by atoms with Crippen LogP contribution < -0.4 is 0 Å². The first-order chi connectivity index (χ1) is 12.9. The molecular formula is C21H25FN2O2S. The van der Waals surface area contributed by atoms with Gasteiger partial charge in [0.15, 0.2) is 0 Å². The van der Waals surface area contributed by atoms with E-state index >= 15 is 0 Å². The molecule has 1 atom stereocenters. The third-order valence-corrected chi connectivity index (χ3v) is 5.83. The van der Waals surface area contributed by atoms with E-state index in [1.165, 1.54) is 23.9 Å². The van der Waals surface area contributed by atoms with Crippen LogP contribution in [-0.4, -0.2) is 41.2 Å². The fourth-order valence-electron chi connectivity index (χ4n) is 3.59. The number of nitrogens with zero attached hydrogens (tertiary/aromatic N) is 2. The minimum absolute atomic E-state index is 0.0722. The highest BCUT2D eigenvalue weighted by molar-refractivity contribution is 7.10. The Balaban J connectivity index is 1.89. The van der Waals surface area contributed by atoms with Crippen molar-refractivity contribution in [3.05, 3.63) is 57.5 Å². The van der Waals surface area contributed by atoms with Crippen LogP contribution in [0.3, 0.4) is 0 Å². The SMILES string of the molecule is CC(=O)N(CC(=O)N1CCc2sccc2[C@H]1c1ccc(F)cc1)CC(C)C. The standard InChI is InChI=1S/C21H25FN2O2S/c1-14(2)12-23(15(3)25)13-20(26)24-10-8-19-18(9-11-27-19)21(24)16-4-6-17(22)7-5-16/h4-7,9,11,14,21H,8,10,12-13H2,1-3H3/t21-/m1/s1. The number of hydrogen-bond donors (Lipinski definition) is 0. The van der Waals surface area contributed by atoms with E-state index in [4.69, 9.17) is 0 Å². The third-order valence-electron chi connectivity index (χ3n) is 4.83. The van der Waals surface area contributed by atoms with E-state index in [0.29, 0.717) is 19.0 Å². The van der Waals surface area contributed by atoms with Gasteiger partial charge in [-0.15, -0.1) is 11.3 Å². The first-order valence-electron chi connectivity index (χ1n) is 9.23. The zero-order chi connectivity index (χ0) is 19.6. The Hall–Kier alpha value is -2.21. The van der Waals surface area contributed by atoms with Crippen molar-refractivity contribution in [2.24, 2.45) is 5.92 Å². The number of fused-ring (bicyclic) bond motifs is 1. The predicted molar refractivity (Wildman–Crippen MR) is 105 cm³/mol. The lowest BCUT2D eigenvalue weighted by Crippen LogP contribution is -2.47. The van der Waals surface area contributed by atoms with Gasteiger partial charge < -0.3 is 9.80 Å². The summed E-state index contributed by atoms with van der Waals surface area (Å²) in [5.74, 6) is -0.169. The summed E-state index contributed by atoms with van der Waals surface area (Å²) in [6.45, 7) is 6.78. The van der Waals surface area contributed by atoms with Crippen molar-refractivity contribution in [1.82, 2.24) is 9.80 Å². The number of thiophene rings is 1. The molecule has 1 aliphatic heterocycles. The summed E-state index contributed by atoms with van der Waals surface area (Å²) in [5, 5.41) is 2.04. The summed E-state index contributed by atoms with van der Waals surface area (Å²) in [7, 11) is 0. The second kappa shape index (κ2) is 8.21. The second-order valence-corrected chi connectivity index (χ2v) is 8.38. The molecule has 1 aliphatic rings. The molecule has 0 aliphatic carbocycles. The lowest BCUT2D eigenvalue weighted by molar-refractivity contribution is -0.141. The van der Waals surface area contributed by atoms with Crippen LogP contribution in [0.4, 0.5) is 4.39 Å². The molecule has 0 bridgehead atoms. The second-order valence-electron chi connectivity index (χ2n) is 7.38. The first kappa shape index (κ1) is 19.5. The average Bonchev–Trinajstić information content (AvgIpc) is 3.09. The highest BCUT2D eigenvalue weighted by Gasteiger charge is 2.33. The van der Waals surface area contributed by atoms with Crippen molar-refractivity contribution < 1.29 is 14.0 Å². The minimum atomic E-state index is -0.294. The molecule has 0 saturated carbocycles. The van der Waals surface area contributed by atoms with Crippen molar-refractivity contribution >= 4 is 23.2 Å². The summed E-state index contributed by atoms with van der Waals surface area (Å²) in [6, 6.07) is 8.15. The third kappa shape index (κ3) is 4.38. The van der Waals surface area contributed by atoms with Crippen molar-refractivity contribution in [3.63, 3.8) is 0 Å². The lowest BCUT2D eigenvalue weighted by Gasteiger charge is -2.37. The summed E-state index contributed by atoms with van der Waals surface area (Å²) in [6.07, 6.45) is 0.806. The van der Waals surface area contributed by atoms with Gasteiger partial charge in [-0.3, -0.25) is 9.59 Å². The van der Waals surface area contributed by atoms with Gasteiger partial charge in [0.05, 0.1) is 12.6 Å².